The Morgan fingerprint density at radius 1 is 1.04 bits per heavy atom. The van der Waals surface area contributed by atoms with Gasteiger partial charge < -0.3 is 20.4 Å². The molecule has 120 valence electrons. The molecule has 1 unspecified atom stereocenters. The van der Waals surface area contributed by atoms with E-state index in [2.05, 4.69) is 16.0 Å². The highest BCUT2D eigenvalue weighted by Crippen LogP contribution is 2.15. The van der Waals surface area contributed by atoms with Gasteiger partial charge in [-0.25, -0.2) is 0 Å². The van der Waals surface area contributed by atoms with Gasteiger partial charge >= 0.3 is 0 Å². The molecule has 0 bridgehead atoms. The molecule has 0 aliphatic rings. The lowest BCUT2D eigenvalue weighted by atomic mass is 10.2. The van der Waals surface area contributed by atoms with E-state index in [0.717, 1.165) is 0 Å². The van der Waals surface area contributed by atoms with E-state index in [0.29, 0.717) is 11.4 Å². The van der Waals surface area contributed by atoms with E-state index in [9.17, 15) is 14.4 Å². The smallest absolute Gasteiger partial charge is 0.287 e. The van der Waals surface area contributed by atoms with Crippen LogP contribution in [0.1, 0.15) is 24.4 Å². The first-order valence-electron chi connectivity index (χ1n) is 6.98. The second-order valence-electron chi connectivity index (χ2n) is 4.92. The number of nitrogens with one attached hydrogen (secondary N) is 3. The van der Waals surface area contributed by atoms with Crippen LogP contribution in [-0.4, -0.2) is 23.8 Å². The first-order chi connectivity index (χ1) is 11.0. The molecule has 1 aromatic heterocycles. The van der Waals surface area contributed by atoms with Crippen LogP contribution < -0.4 is 16.0 Å². The van der Waals surface area contributed by atoms with Crippen LogP contribution >= 0.6 is 0 Å². The second-order valence-corrected chi connectivity index (χ2v) is 4.92. The molecule has 0 fully saturated rings. The Morgan fingerprint density at radius 2 is 1.74 bits per heavy atom. The summed E-state index contributed by atoms with van der Waals surface area (Å²) < 4.78 is 4.96. The van der Waals surface area contributed by atoms with E-state index >= 15 is 0 Å². The molecule has 1 aromatic carbocycles. The van der Waals surface area contributed by atoms with Gasteiger partial charge in [0.15, 0.2) is 5.76 Å². The van der Waals surface area contributed by atoms with Gasteiger partial charge in [0.2, 0.25) is 11.8 Å². The van der Waals surface area contributed by atoms with Gasteiger partial charge in [-0.15, -0.1) is 0 Å². The van der Waals surface area contributed by atoms with Crippen LogP contribution in [0, 0.1) is 0 Å². The molecule has 7 heteroatoms. The lowest BCUT2D eigenvalue weighted by molar-refractivity contribution is -0.117. The average molecular weight is 315 g/mol. The first kappa shape index (κ1) is 16.3. The zero-order chi connectivity index (χ0) is 16.8. The van der Waals surface area contributed by atoms with E-state index in [1.54, 1.807) is 37.3 Å². The predicted molar refractivity (Wildman–Crippen MR) is 85.0 cm³/mol. The molecule has 1 atom stereocenters. The third-order valence-electron chi connectivity index (χ3n) is 2.94. The molecule has 2 aromatic rings. The summed E-state index contributed by atoms with van der Waals surface area (Å²) in [5.74, 6) is -0.917. The molecule has 0 saturated heterocycles. The minimum Gasteiger partial charge on any atom is -0.459 e. The van der Waals surface area contributed by atoms with Crippen molar-refractivity contribution < 1.29 is 18.8 Å². The zero-order valence-electron chi connectivity index (χ0n) is 12.8. The molecular formula is C16H17N3O4. The summed E-state index contributed by atoms with van der Waals surface area (Å²) in [5.41, 5.74) is 1.09. The number of anilines is 2. The maximum atomic E-state index is 12.1. The van der Waals surface area contributed by atoms with E-state index < -0.39 is 11.9 Å². The van der Waals surface area contributed by atoms with Crippen molar-refractivity contribution >= 4 is 29.1 Å². The number of furan rings is 1. The van der Waals surface area contributed by atoms with Gasteiger partial charge in [0.25, 0.3) is 5.91 Å². The molecule has 0 spiro atoms. The summed E-state index contributed by atoms with van der Waals surface area (Å²) in [4.78, 5) is 35.0. The van der Waals surface area contributed by atoms with Gasteiger partial charge in [-0.05, 0) is 37.3 Å². The summed E-state index contributed by atoms with van der Waals surface area (Å²) in [6.45, 7) is 2.96. The van der Waals surface area contributed by atoms with Crippen molar-refractivity contribution in [3.05, 3.63) is 48.4 Å². The molecule has 0 aliphatic carbocycles. The Hall–Kier alpha value is -3.09. The van der Waals surface area contributed by atoms with Crippen LogP contribution in [0.25, 0.3) is 0 Å². The van der Waals surface area contributed by atoms with Crippen molar-refractivity contribution in [3.63, 3.8) is 0 Å². The standard InChI is InChI=1S/C16H17N3O4/c1-10(17-16(22)14-7-4-8-23-14)15(21)19-13-6-3-5-12(9-13)18-11(2)20/h3-10H,1-2H3,(H,17,22)(H,18,20)(H,19,21). The summed E-state index contributed by atoms with van der Waals surface area (Å²) in [6, 6.07) is 9.07. The van der Waals surface area contributed by atoms with E-state index in [1.807, 2.05) is 0 Å². The third-order valence-corrected chi connectivity index (χ3v) is 2.94. The number of carbonyl (C=O) groups excluding carboxylic acids is 3. The number of hydrogen-bond donors (Lipinski definition) is 3. The fourth-order valence-corrected chi connectivity index (χ4v) is 1.87. The maximum absolute atomic E-state index is 12.1. The molecule has 1 heterocycles. The van der Waals surface area contributed by atoms with Crippen LogP contribution in [0.15, 0.2) is 47.1 Å². The van der Waals surface area contributed by atoms with Gasteiger partial charge in [-0.2, -0.15) is 0 Å². The molecular weight excluding hydrogens is 298 g/mol. The van der Waals surface area contributed by atoms with Crippen molar-refractivity contribution in [2.24, 2.45) is 0 Å². The van der Waals surface area contributed by atoms with Gasteiger partial charge in [0.05, 0.1) is 6.26 Å². The van der Waals surface area contributed by atoms with E-state index in [1.165, 1.54) is 19.3 Å². The third kappa shape index (κ3) is 4.70. The zero-order valence-corrected chi connectivity index (χ0v) is 12.8. The molecule has 3 amide bonds. The predicted octanol–water partition coefficient (Wildman–Crippen LogP) is 1.99. The van der Waals surface area contributed by atoms with Crippen LogP contribution in [0.5, 0.6) is 0 Å². The Morgan fingerprint density at radius 3 is 2.35 bits per heavy atom. The van der Waals surface area contributed by atoms with Crippen molar-refractivity contribution in [2.45, 2.75) is 19.9 Å². The van der Waals surface area contributed by atoms with Gasteiger partial charge in [0, 0.05) is 18.3 Å². The quantitative estimate of drug-likeness (QED) is 0.785. The summed E-state index contributed by atoms with van der Waals surface area (Å²) in [7, 11) is 0. The summed E-state index contributed by atoms with van der Waals surface area (Å²) in [5, 5.41) is 7.83. The van der Waals surface area contributed by atoms with Crippen molar-refractivity contribution in [1.29, 1.82) is 0 Å². The molecule has 23 heavy (non-hydrogen) atoms. The molecule has 3 N–H and O–H groups in total. The van der Waals surface area contributed by atoms with Gasteiger partial charge in [-0.3, -0.25) is 14.4 Å². The highest BCUT2D eigenvalue weighted by Gasteiger charge is 2.18. The highest BCUT2D eigenvalue weighted by molar-refractivity contribution is 6.00. The fraction of sp³-hybridized carbons (Fsp3) is 0.188. The topological polar surface area (TPSA) is 100 Å². The highest BCUT2D eigenvalue weighted by atomic mass is 16.3. The largest absolute Gasteiger partial charge is 0.459 e. The SMILES string of the molecule is CC(=O)Nc1cccc(NC(=O)C(C)NC(=O)c2ccco2)c1. The summed E-state index contributed by atoms with van der Waals surface area (Å²) >= 11 is 0. The summed E-state index contributed by atoms with van der Waals surface area (Å²) in [6.07, 6.45) is 1.38. The number of carbonyl (C=O) groups is 3. The maximum Gasteiger partial charge on any atom is 0.287 e. The second kappa shape index (κ2) is 7.26. The minimum absolute atomic E-state index is 0.136. The molecule has 0 radical (unpaired) electrons. The normalized spacial score (nSPS) is 11.4. The Balaban J connectivity index is 1.95. The van der Waals surface area contributed by atoms with Crippen LogP contribution in [0.2, 0.25) is 0 Å². The lowest BCUT2D eigenvalue weighted by Gasteiger charge is -2.14. The van der Waals surface area contributed by atoms with Crippen molar-refractivity contribution in [2.75, 3.05) is 10.6 Å². The monoisotopic (exact) mass is 315 g/mol. The van der Waals surface area contributed by atoms with Crippen LogP contribution in [0.4, 0.5) is 11.4 Å². The average Bonchev–Trinajstić information content (AvgIpc) is 3.01. The molecule has 2 rings (SSSR count). The van der Waals surface area contributed by atoms with Gasteiger partial charge in [0.1, 0.15) is 6.04 Å². The minimum atomic E-state index is -0.753. The molecule has 0 aliphatic heterocycles. The number of benzene rings is 1. The number of hydrogen-bond acceptors (Lipinski definition) is 4. The van der Waals surface area contributed by atoms with E-state index in [4.69, 9.17) is 4.42 Å². The molecule has 7 nitrogen and oxygen atoms in total. The molecule has 0 saturated carbocycles. The van der Waals surface area contributed by atoms with Crippen molar-refractivity contribution in [1.82, 2.24) is 5.32 Å². The number of rotatable bonds is 5. The Labute approximate surface area is 133 Å². The lowest BCUT2D eigenvalue weighted by Crippen LogP contribution is -2.41. The Kier molecular flexibility index (Phi) is 5.14. The van der Waals surface area contributed by atoms with Crippen LogP contribution in [0.3, 0.4) is 0 Å². The fourth-order valence-electron chi connectivity index (χ4n) is 1.87. The van der Waals surface area contributed by atoms with Crippen molar-refractivity contribution in [3.8, 4) is 0 Å². The van der Waals surface area contributed by atoms with E-state index in [-0.39, 0.29) is 17.6 Å². The number of amides is 3. The van der Waals surface area contributed by atoms with Crippen LogP contribution in [-0.2, 0) is 9.59 Å². The first-order valence-corrected chi connectivity index (χ1v) is 6.98. The van der Waals surface area contributed by atoms with Gasteiger partial charge in [-0.1, -0.05) is 6.07 Å². The Bertz CT molecular complexity index is 710.